The summed E-state index contributed by atoms with van der Waals surface area (Å²) in [5.74, 6) is 1.10. The number of halogens is 2. The Labute approximate surface area is 183 Å². The topological polar surface area (TPSA) is 105 Å². The molecular weight excluding hydrogens is 425 g/mol. The highest BCUT2D eigenvalue weighted by atomic mass is 35.5. The van der Waals surface area contributed by atoms with Crippen LogP contribution in [-0.4, -0.2) is 37.9 Å². The van der Waals surface area contributed by atoms with Gasteiger partial charge in [-0.15, -0.1) is 0 Å². The van der Waals surface area contributed by atoms with E-state index in [-0.39, 0.29) is 18.0 Å². The second kappa shape index (κ2) is 8.97. The summed E-state index contributed by atoms with van der Waals surface area (Å²) < 4.78 is 0. The molecular formula is C20H21Cl2N7O. The van der Waals surface area contributed by atoms with Crippen molar-refractivity contribution >= 4 is 57.6 Å². The van der Waals surface area contributed by atoms with Crippen LogP contribution in [0.4, 0.5) is 17.5 Å². The van der Waals surface area contributed by atoms with Gasteiger partial charge in [0.2, 0.25) is 11.9 Å². The van der Waals surface area contributed by atoms with E-state index in [1.165, 1.54) is 6.33 Å². The number of hydrogen-bond donors (Lipinski definition) is 3. The lowest BCUT2D eigenvalue weighted by molar-refractivity contribution is -0.119. The zero-order valence-corrected chi connectivity index (χ0v) is 17.8. The molecule has 1 aromatic carbocycles. The summed E-state index contributed by atoms with van der Waals surface area (Å²) in [5.41, 5.74) is 1.98. The predicted molar refractivity (Wildman–Crippen MR) is 118 cm³/mol. The van der Waals surface area contributed by atoms with Crippen LogP contribution < -0.4 is 16.0 Å². The fraction of sp³-hybridized carbons (Fsp3) is 0.350. The molecule has 0 spiro atoms. The van der Waals surface area contributed by atoms with Crippen LogP contribution in [-0.2, 0) is 4.79 Å². The summed E-state index contributed by atoms with van der Waals surface area (Å²) in [7, 11) is 0. The molecule has 1 aliphatic carbocycles. The second-order valence-electron chi connectivity index (χ2n) is 7.30. The number of hydrogen-bond acceptors (Lipinski definition) is 7. The Kier molecular flexibility index (Phi) is 6.15. The lowest BCUT2D eigenvalue weighted by Gasteiger charge is -2.29. The molecule has 1 aliphatic rings. The molecule has 4 rings (SSSR count). The van der Waals surface area contributed by atoms with Crippen molar-refractivity contribution in [1.82, 2.24) is 25.3 Å². The van der Waals surface area contributed by atoms with E-state index in [2.05, 4.69) is 35.9 Å². The van der Waals surface area contributed by atoms with Crippen LogP contribution in [0.25, 0.3) is 11.0 Å². The first-order valence-corrected chi connectivity index (χ1v) is 10.5. The molecule has 0 unspecified atom stereocenters. The SMILES string of the molecule is CC(=O)NC1CCC(Nc2ncc3ncnc(Nc4ccc(Cl)c(Cl)c4)c3n2)CC1. The highest BCUT2D eigenvalue weighted by molar-refractivity contribution is 6.42. The lowest BCUT2D eigenvalue weighted by atomic mass is 9.91. The fourth-order valence-electron chi connectivity index (χ4n) is 3.58. The van der Waals surface area contributed by atoms with Gasteiger partial charge in [-0.25, -0.2) is 19.9 Å². The third kappa shape index (κ3) is 4.88. The summed E-state index contributed by atoms with van der Waals surface area (Å²) in [5, 5.41) is 10.5. The van der Waals surface area contributed by atoms with Gasteiger partial charge in [-0.05, 0) is 43.9 Å². The molecule has 1 saturated carbocycles. The summed E-state index contributed by atoms with van der Waals surface area (Å²) in [6, 6.07) is 5.76. The number of nitrogens with one attached hydrogen (secondary N) is 3. The van der Waals surface area contributed by atoms with Gasteiger partial charge in [0.05, 0.1) is 16.2 Å². The van der Waals surface area contributed by atoms with E-state index in [0.717, 1.165) is 31.4 Å². The molecule has 156 valence electrons. The normalized spacial score (nSPS) is 18.8. The molecule has 3 N–H and O–H groups in total. The van der Waals surface area contributed by atoms with Gasteiger partial charge in [0.25, 0.3) is 0 Å². The van der Waals surface area contributed by atoms with E-state index in [1.807, 2.05) is 6.07 Å². The summed E-state index contributed by atoms with van der Waals surface area (Å²) in [6.45, 7) is 1.55. The standard InChI is InChI=1S/C20H21Cl2N7O/c1-11(30)26-12-2-4-13(5-3-12)28-20-23-9-17-18(29-20)19(25-10-24-17)27-14-6-7-15(21)16(22)8-14/h6-10,12-13H,2-5H2,1H3,(H,26,30)(H,23,28,29)(H,24,25,27). The van der Waals surface area contributed by atoms with Crippen molar-refractivity contribution in [2.75, 3.05) is 10.6 Å². The van der Waals surface area contributed by atoms with Crippen LogP contribution >= 0.6 is 23.2 Å². The highest BCUT2D eigenvalue weighted by Gasteiger charge is 2.22. The molecule has 0 aliphatic heterocycles. The minimum Gasteiger partial charge on any atom is -0.354 e. The maximum atomic E-state index is 11.2. The van der Waals surface area contributed by atoms with Gasteiger partial charge in [0.15, 0.2) is 5.82 Å². The van der Waals surface area contributed by atoms with Gasteiger partial charge in [-0.2, -0.15) is 0 Å². The summed E-state index contributed by atoms with van der Waals surface area (Å²) >= 11 is 12.1. The van der Waals surface area contributed by atoms with Crippen LogP contribution in [0.1, 0.15) is 32.6 Å². The zero-order chi connectivity index (χ0) is 21.1. The Morgan fingerprint density at radius 1 is 1.03 bits per heavy atom. The Hall–Kier alpha value is -2.71. The number of rotatable bonds is 5. The van der Waals surface area contributed by atoms with Gasteiger partial charge < -0.3 is 16.0 Å². The first kappa shape index (κ1) is 20.6. The van der Waals surface area contributed by atoms with Crippen molar-refractivity contribution in [1.29, 1.82) is 0 Å². The quantitative estimate of drug-likeness (QED) is 0.536. The molecule has 3 aromatic rings. The summed E-state index contributed by atoms with van der Waals surface area (Å²) in [6.07, 6.45) is 6.87. The van der Waals surface area contributed by atoms with Crippen LogP contribution in [0.15, 0.2) is 30.7 Å². The van der Waals surface area contributed by atoms with Crippen LogP contribution in [0.3, 0.4) is 0 Å². The number of amides is 1. The molecule has 2 heterocycles. The van der Waals surface area contributed by atoms with Crippen LogP contribution in [0, 0.1) is 0 Å². The van der Waals surface area contributed by atoms with Crippen molar-refractivity contribution in [2.24, 2.45) is 0 Å². The number of carbonyl (C=O) groups excluding carboxylic acids is 1. The van der Waals surface area contributed by atoms with Crippen molar-refractivity contribution in [3.05, 3.63) is 40.8 Å². The van der Waals surface area contributed by atoms with E-state index >= 15 is 0 Å². The van der Waals surface area contributed by atoms with Gasteiger partial charge in [-0.1, -0.05) is 23.2 Å². The molecule has 8 nitrogen and oxygen atoms in total. The smallest absolute Gasteiger partial charge is 0.223 e. The Bertz CT molecular complexity index is 1070. The molecule has 2 aromatic heterocycles. The predicted octanol–water partition coefficient (Wildman–Crippen LogP) is 4.33. The first-order chi connectivity index (χ1) is 14.5. The first-order valence-electron chi connectivity index (χ1n) is 9.71. The molecule has 0 bridgehead atoms. The number of anilines is 3. The van der Waals surface area contributed by atoms with E-state index < -0.39 is 0 Å². The number of nitrogens with zero attached hydrogens (tertiary/aromatic N) is 4. The van der Waals surface area contributed by atoms with Gasteiger partial charge in [0.1, 0.15) is 17.4 Å². The molecule has 1 fully saturated rings. The Balaban J connectivity index is 1.50. The molecule has 0 atom stereocenters. The van der Waals surface area contributed by atoms with E-state index in [1.54, 1.807) is 25.3 Å². The number of fused-ring (bicyclic) bond motifs is 1. The zero-order valence-electron chi connectivity index (χ0n) is 16.3. The Morgan fingerprint density at radius 3 is 2.53 bits per heavy atom. The van der Waals surface area contributed by atoms with E-state index in [4.69, 9.17) is 23.2 Å². The Morgan fingerprint density at radius 2 is 1.80 bits per heavy atom. The van der Waals surface area contributed by atoms with Crippen molar-refractivity contribution in [3.8, 4) is 0 Å². The minimum atomic E-state index is 0.0197. The molecule has 1 amide bonds. The van der Waals surface area contributed by atoms with Crippen LogP contribution in [0.2, 0.25) is 10.0 Å². The molecule has 0 radical (unpaired) electrons. The fourth-order valence-corrected chi connectivity index (χ4v) is 3.88. The van der Waals surface area contributed by atoms with Crippen molar-refractivity contribution in [2.45, 2.75) is 44.7 Å². The molecule has 10 heteroatoms. The average Bonchev–Trinajstić information content (AvgIpc) is 2.72. The number of carbonyl (C=O) groups is 1. The van der Waals surface area contributed by atoms with Gasteiger partial charge in [0, 0.05) is 24.7 Å². The third-order valence-corrected chi connectivity index (χ3v) is 5.77. The number of aromatic nitrogens is 4. The van der Waals surface area contributed by atoms with Gasteiger partial charge >= 0.3 is 0 Å². The number of benzene rings is 1. The van der Waals surface area contributed by atoms with Crippen molar-refractivity contribution < 1.29 is 4.79 Å². The lowest BCUT2D eigenvalue weighted by Crippen LogP contribution is -2.39. The molecule has 0 saturated heterocycles. The average molecular weight is 446 g/mol. The van der Waals surface area contributed by atoms with Gasteiger partial charge in [-0.3, -0.25) is 4.79 Å². The maximum absolute atomic E-state index is 11.2. The monoisotopic (exact) mass is 445 g/mol. The maximum Gasteiger partial charge on any atom is 0.223 e. The second-order valence-corrected chi connectivity index (χ2v) is 8.11. The van der Waals surface area contributed by atoms with E-state index in [9.17, 15) is 4.79 Å². The largest absolute Gasteiger partial charge is 0.354 e. The van der Waals surface area contributed by atoms with E-state index in [0.29, 0.717) is 32.8 Å². The third-order valence-electron chi connectivity index (χ3n) is 5.03. The van der Waals surface area contributed by atoms with Crippen LogP contribution in [0.5, 0.6) is 0 Å². The molecule has 30 heavy (non-hydrogen) atoms. The summed E-state index contributed by atoms with van der Waals surface area (Å²) in [4.78, 5) is 28.8. The minimum absolute atomic E-state index is 0.0197. The van der Waals surface area contributed by atoms with Crippen molar-refractivity contribution in [3.63, 3.8) is 0 Å². The highest BCUT2D eigenvalue weighted by Crippen LogP contribution is 2.28.